The van der Waals surface area contributed by atoms with Crippen molar-refractivity contribution in [1.29, 1.82) is 0 Å². The molecule has 0 aromatic carbocycles. The Kier molecular flexibility index (Phi) is 65.9. The van der Waals surface area contributed by atoms with Crippen LogP contribution in [0.4, 0.5) is 0 Å². The minimum Gasteiger partial charge on any atom is -0.462 e. The van der Waals surface area contributed by atoms with Crippen LogP contribution in [0.1, 0.15) is 388 Å². The first-order chi connectivity index (χ1) is 45.1. The first-order valence-electron chi connectivity index (χ1n) is 38.7. The molecule has 6 atom stereocenters. The number of phosphoric acid groups is 2. The molecule has 0 aliphatic carbocycles. The molecule has 0 aliphatic heterocycles. The monoisotopic (exact) mass is 1370 g/mol. The van der Waals surface area contributed by atoms with E-state index in [0.29, 0.717) is 25.7 Å². The fraction of sp³-hybridized carbons (Fsp3) is 0.946. The zero-order valence-electron chi connectivity index (χ0n) is 60.4. The lowest BCUT2D eigenvalue weighted by Crippen LogP contribution is -2.30. The van der Waals surface area contributed by atoms with Crippen LogP contribution < -0.4 is 0 Å². The average molecular weight is 1370 g/mol. The van der Waals surface area contributed by atoms with E-state index in [0.717, 1.165) is 102 Å². The molecule has 0 aromatic rings. The van der Waals surface area contributed by atoms with E-state index in [2.05, 4.69) is 34.6 Å². The van der Waals surface area contributed by atoms with Crippen molar-refractivity contribution in [2.45, 2.75) is 406 Å². The molecule has 17 nitrogen and oxygen atoms in total. The Morgan fingerprint density at radius 2 is 0.516 bits per heavy atom. The number of carbonyl (C=O) groups excluding carboxylic acids is 4. The van der Waals surface area contributed by atoms with Crippen LogP contribution >= 0.6 is 15.6 Å². The molecule has 0 saturated carbocycles. The molecule has 0 heterocycles. The molecule has 0 amide bonds. The standard InChI is InChI=1S/C74H144O17P2/c1-6-10-13-16-19-22-24-35-38-43-48-53-58-72(77)85-64-70(91-74(79)60-55-50-45-40-36-32-30-28-26-25-27-29-31-34-37-41-46-51-56-67(5)9-4)66-89-93(82,83)87-62-68(75)61-86-92(80,81)88-65-69(63-84-71(76)57-52-47-42-21-18-15-12-8-3)90-73(78)59-54-49-44-39-33-23-20-17-14-11-7-2/h67-70,75H,6-66H2,1-5H3,(H,80,81)(H,82,83)/t67?,68-,69+,70+/m0/s1. The van der Waals surface area contributed by atoms with E-state index in [1.807, 2.05) is 0 Å². The highest BCUT2D eigenvalue weighted by Crippen LogP contribution is 2.45. The molecular weight excluding hydrogens is 1220 g/mol. The van der Waals surface area contributed by atoms with Gasteiger partial charge in [-0.3, -0.25) is 37.3 Å². The molecule has 0 rings (SSSR count). The summed E-state index contributed by atoms with van der Waals surface area (Å²) in [4.78, 5) is 72.5. The Balaban J connectivity index is 5.14. The summed E-state index contributed by atoms with van der Waals surface area (Å²) in [6, 6.07) is 0. The van der Waals surface area contributed by atoms with Crippen molar-refractivity contribution in [3.63, 3.8) is 0 Å². The van der Waals surface area contributed by atoms with Crippen LogP contribution in [0.2, 0.25) is 0 Å². The summed E-state index contributed by atoms with van der Waals surface area (Å²) in [5.41, 5.74) is 0. The molecule has 0 bridgehead atoms. The summed E-state index contributed by atoms with van der Waals surface area (Å²) in [7, 11) is -9.90. The number of hydrogen-bond donors (Lipinski definition) is 3. The van der Waals surface area contributed by atoms with Crippen molar-refractivity contribution in [3.05, 3.63) is 0 Å². The van der Waals surface area contributed by atoms with Gasteiger partial charge in [0.1, 0.15) is 19.3 Å². The lowest BCUT2D eigenvalue weighted by atomic mass is 9.99. The first-order valence-corrected chi connectivity index (χ1v) is 41.7. The number of phosphoric ester groups is 2. The van der Waals surface area contributed by atoms with Crippen LogP contribution in [0, 0.1) is 5.92 Å². The number of unbranched alkanes of at least 4 members (excludes halogenated alkanes) is 45. The number of carbonyl (C=O) groups is 4. The van der Waals surface area contributed by atoms with Crippen molar-refractivity contribution in [1.82, 2.24) is 0 Å². The summed E-state index contributed by atoms with van der Waals surface area (Å²) in [5.74, 6) is -1.25. The molecule has 3 unspecified atom stereocenters. The van der Waals surface area contributed by atoms with Crippen LogP contribution in [-0.4, -0.2) is 96.7 Å². The number of hydrogen-bond acceptors (Lipinski definition) is 15. The van der Waals surface area contributed by atoms with Crippen molar-refractivity contribution < 1.29 is 80.2 Å². The molecule has 93 heavy (non-hydrogen) atoms. The fourth-order valence-corrected chi connectivity index (χ4v) is 12.9. The Hall–Kier alpha value is -1.94. The first kappa shape index (κ1) is 91.1. The molecule has 19 heteroatoms. The Bertz CT molecular complexity index is 1790. The second-order valence-corrected chi connectivity index (χ2v) is 29.8. The van der Waals surface area contributed by atoms with Crippen LogP contribution in [0.25, 0.3) is 0 Å². The van der Waals surface area contributed by atoms with Crippen LogP contribution in [0.15, 0.2) is 0 Å². The largest absolute Gasteiger partial charge is 0.472 e. The maximum atomic E-state index is 13.1. The molecule has 552 valence electrons. The zero-order valence-corrected chi connectivity index (χ0v) is 62.2. The van der Waals surface area contributed by atoms with Gasteiger partial charge in [0.2, 0.25) is 0 Å². The van der Waals surface area contributed by atoms with E-state index in [-0.39, 0.29) is 25.7 Å². The SMILES string of the molecule is CCCCCCCCCCCCCCC(=O)OC[C@H](COP(=O)(O)OC[C@@H](O)COP(=O)(O)OC[C@@H](COC(=O)CCCCCCCCCC)OC(=O)CCCCCCCCCCCCC)OC(=O)CCCCCCCCCCCCCCCCCCCCC(C)CC. The fourth-order valence-electron chi connectivity index (χ4n) is 11.3. The summed E-state index contributed by atoms with van der Waals surface area (Å²) in [6.07, 6.45) is 55.5. The maximum absolute atomic E-state index is 13.1. The Labute approximate surface area is 568 Å². The third-order valence-corrected chi connectivity index (χ3v) is 19.5. The smallest absolute Gasteiger partial charge is 0.462 e. The van der Waals surface area contributed by atoms with Gasteiger partial charge in [0.05, 0.1) is 26.4 Å². The van der Waals surface area contributed by atoms with Crippen molar-refractivity contribution in [3.8, 4) is 0 Å². The minimum atomic E-state index is -4.95. The zero-order chi connectivity index (χ0) is 68.4. The highest BCUT2D eigenvalue weighted by molar-refractivity contribution is 7.47. The molecule has 0 radical (unpaired) electrons. The van der Waals surface area contributed by atoms with Gasteiger partial charge in [-0.05, 0) is 31.6 Å². The quantitative estimate of drug-likeness (QED) is 0.0222. The second-order valence-electron chi connectivity index (χ2n) is 26.9. The Morgan fingerprint density at radius 1 is 0.301 bits per heavy atom. The molecule has 0 saturated heterocycles. The van der Waals surface area contributed by atoms with Crippen molar-refractivity contribution in [2.24, 2.45) is 5.92 Å². The Morgan fingerprint density at radius 3 is 0.763 bits per heavy atom. The van der Waals surface area contributed by atoms with Gasteiger partial charge in [-0.2, -0.15) is 0 Å². The molecule has 0 aliphatic rings. The number of rotatable bonds is 74. The van der Waals surface area contributed by atoms with Gasteiger partial charge in [-0.25, -0.2) is 9.13 Å². The van der Waals surface area contributed by atoms with E-state index in [4.69, 9.17) is 37.0 Å². The normalized spacial score (nSPS) is 14.3. The van der Waals surface area contributed by atoms with Crippen molar-refractivity contribution >= 4 is 39.5 Å². The van der Waals surface area contributed by atoms with Crippen LogP contribution in [-0.2, 0) is 65.4 Å². The van der Waals surface area contributed by atoms with Crippen LogP contribution in [0.3, 0.4) is 0 Å². The number of aliphatic hydroxyl groups is 1. The summed E-state index contributed by atoms with van der Waals surface area (Å²) >= 11 is 0. The molecular formula is C74H144O17P2. The van der Waals surface area contributed by atoms with E-state index >= 15 is 0 Å². The topological polar surface area (TPSA) is 237 Å². The number of aliphatic hydroxyl groups excluding tert-OH is 1. The van der Waals surface area contributed by atoms with Gasteiger partial charge in [0.15, 0.2) is 12.2 Å². The maximum Gasteiger partial charge on any atom is 0.472 e. The summed E-state index contributed by atoms with van der Waals surface area (Å²) in [5, 5.41) is 10.6. The molecule has 0 spiro atoms. The minimum absolute atomic E-state index is 0.107. The van der Waals surface area contributed by atoms with Gasteiger partial charge in [-0.1, -0.05) is 336 Å². The summed E-state index contributed by atoms with van der Waals surface area (Å²) in [6.45, 7) is 7.31. The van der Waals surface area contributed by atoms with Gasteiger partial charge >= 0.3 is 39.5 Å². The predicted molar refractivity (Wildman–Crippen MR) is 377 cm³/mol. The second kappa shape index (κ2) is 67.3. The van der Waals surface area contributed by atoms with E-state index in [1.165, 1.54) is 205 Å². The highest BCUT2D eigenvalue weighted by atomic mass is 31.2. The van der Waals surface area contributed by atoms with Gasteiger partial charge in [-0.15, -0.1) is 0 Å². The lowest BCUT2D eigenvalue weighted by molar-refractivity contribution is -0.161. The highest BCUT2D eigenvalue weighted by Gasteiger charge is 2.30. The van der Waals surface area contributed by atoms with Gasteiger partial charge in [0.25, 0.3) is 0 Å². The van der Waals surface area contributed by atoms with E-state index in [1.54, 1.807) is 0 Å². The lowest BCUT2D eigenvalue weighted by Gasteiger charge is -2.21. The van der Waals surface area contributed by atoms with Gasteiger partial charge in [0, 0.05) is 25.7 Å². The third kappa shape index (κ3) is 67.0. The third-order valence-electron chi connectivity index (χ3n) is 17.6. The number of esters is 4. The molecule has 3 N–H and O–H groups in total. The molecule has 0 aromatic heterocycles. The molecule has 0 fully saturated rings. The van der Waals surface area contributed by atoms with Crippen molar-refractivity contribution in [2.75, 3.05) is 39.6 Å². The van der Waals surface area contributed by atoms with Crippen LogP contribution in [0.5, 0.6) is 0 Å². The summed E-state index contributed by atoms with van der Waals surface area (Å²) < 4.78 is 68.3. The average Bonchev–Trinajstić information content (AvgIpc) is 3.17. The van der Waals surface area contributed by atoms with Gasteiger partial charge < -0.3 is 33.8 Å². The number of ether oxygens (including phenoxy) is 4. The van der Waals surface area contributed by atoms with E-state index < -0.39 is 97.5 Å². The van der Waals surface area contributed by atoms with E-state index in [9.17, 15) is 43.2 Å². The predicted octanol–water partition coefficient (Wildman–Crippen LogP) is 21.7.